The Kier molecular flexibility index (Phi) is 30.8. The van der Waals surface area contributed by atoms with E-state index in [0.29, 0.717) is 60.7 Å². The number of hydrogen-bond donors (Lipinski definition) is 2. The molecule has 5 aromatic carbocycles. The van der Waals surface area contributed by atoms with E-state index in [-0.39, 0.29) is 64.1 Å². The van der Waals surface area contributed by atoms with Crippen LogP contribution < -0.4 is 10.2 Å². The van der Waals surface area contributed by atoms with Crippen molar-refractivity contribution in [3.8, 4) is 0 Å². The normalized spacial score (nSPS) is 28.1. The molecule has 6 aliphatic heterocycles. The molecule has 4 saturated heterocycles. The third kappa shape index (κ3) is 15.8. The molecule has 13 rings (SSSR count). The lowest BCUT2D eigenvalue weighted by Gasteiger charge is -2.51. The summed E-state index contributed by atoms with van der Waals surface area (Å²) >= 11 is 3.36. The number of amides is 2. The molecular formula is C72H101BrN4O8. The molecule has 2 spiro atoms. The molecule has 12 atom stereocenters. The van der Waals surface area contributed by atoms with Gasteiger partial charge in [-0.15, -0.1) is 0 Å². The molecule has 0 radical (unpaired) electrons. The van der Waals surface area contributed by atoms with Crippen molar-refractivity contribution >= 4 is 51.4 Å². The maximum atomic E-state index is 14.5. The Morgan fingerprint density at radius 3 is 1.56 bits per heavy atom. The molecule has 0 aromatic heterocycles. The minimum absolute atomic E-state index is 0. The Bertz CT molecular complexity index is 2820. The number of fused-ring (bicyclic) bond motifs is 10. The number of aliphatic hydroxyl groups is 1. The van der Waals surface area contributed by atoms with Crippen LogP contribution in [0.25, 0.3) is 0 Å². The number of nitrogens with zero attached hydrogens (tertiary/aromatic N) is 3. The number of halogens is 1. The lowest BCUT2D eigenvalue weighted by atomic mass is 9.62. The Hall–Kier alpha value is -5.88. The number of alkyl halides is 1. The lowest BCUT2D eigenvalue weighted by Crippen LogP contribution is -2.57. The number of rotatable bonds is 6. The minimum atomic E-state index is -0.423. The highest BCUT2D eigenvalue weighted by atomic mass is 79.9. The van der Waals surface area contributed by atoms with Crippen LogP contribution in [-0.2, 0) is 62.8 Å². The summed E-state index contributed by atoms with van der Waals surface area (Å²) in [5, 5.41) is 14.4. The van der Waals surface area contributed by atoms with Crippen molar-refractivity contribution in [3.63, 3.8) is 0 Å². The molecule has 464 valence electrons. The van der Waals surface area contributed by atoms with Crippen LogP contribution in [0.2, 0.25) is 0 Å². The molecule has 0 unspecified atom stereocenters. The van der Waals surface area contributed by atoms with Gasteiger partial charge in [0.15, 0.2) is 0 Å². The van der Waals surface area contributed by atoms with Crippen LogP contribution in [0.5, 0.6) is 0 Å². The highest BCUT2D eigenvalue weighted by Gasteiger charge is 2.63. The summed E-state index contributed by atoms with van der Waals surface area (Å²) in [7, 11) is 0. The van der Waals surface area contributed by atoms with Crippen molar-refractivity contribution in [1.82, 2.24) is 9.80 Å². The third-order valence-corrected chi connectivity index (χ3v) is 19.4. The summed E-state index contributed by atoms with van der Waals surface area (Å²) in [6.07, 6.45) is 9.07. The molecule has 13 heteroatoms. The average Bonchev–Trinajstić information content (AvgIpc) is 1.59. The maximum Gasteiger partial charge on any atom is 0.373 e. The van der Waals surface area contributed by atoms with E-state index in [1.807, 2.05) is 77.9 Å². The van der Waals surface area contributed by atoms with Gasteiger partial charge in [-0.25, -0.2) is 0 Å². The van der Waals surface area contributed by atoms with Crippen molar-refractivity contribution in [3.05, 3.63) is 167 Å². The average molecular weight is 1230 g/mol. The molecule has 0 bridgehead atoms. The van der Waals surface area contributed by atoms with E-state index < -0.39 is 5.41 Å². The van der Waals surface area contributed by atoms with Crippen molar-refractivity contribution in [2.45, 2.75) is 183 Å². The van der Waals surface area contributed by atoms with Gasteiger partial charge in [0.2, 0.25) is 11.8 Å². The number of nitrogens with one attached hydrogen (secondary N) is 1. The zero-order valence-electron chi connectivity index (χ0n) is 49.7. The molecule has 6 fully saturated rings. The van der Waals surface area contributed by atoms with E-state index in [4.69, 9.17) is 23.9 Å². The first-order valence-electron chi connectivity index (χ1n) is 30.3. The zero-order chi connectivity index (χ0) is 59.4. The number of aliphatic hydroxyl groups excluding tert-OH is 1. The first-order valence-corrected chi connectivity index (χ1v) is 31.4. The topological polar surface area (TPSA) is 154 Å². The van der Waals surface area contributed by atoms with E-state index in [1.54, 1.807) is 0 Å². The number of para-hydroxylation sites is 2. The standard InChI is InChI=1S/C34H38N2O2.C20H26N2O2.C7H7Br.3C2H6.2CO2.3CH4/c1-24-28-20-32-34(29-14-8-9-15-30(29)36(33(34)37)21-25-10-4-2-5-11-25)18-19-35(32)22-27(28)16-17-31(24)38-23-26-12-6-3-7-13-26;1-12-14-10-18-20(15-4-2-3-5-16(15)21-19(20)24)8-9-22(18)11-13(14)6-7-17(12)23;8-6-7-4-2-1-3-5-7;3*1-2;2*2-1-3;;;/h2-15,24,27-28,31-32H,16-23H2,1H3;2-5,12-14,17-18,23H,6-11H2,1H3,(H,21,24);1-5H,6H2;3*1-2H3;;;3*1H4/t24-,27+,28-,31+,32+,34+;12-,13+,14-,17+,18+,20+;;;;;;;;;/m11........./s1. The molecule has 8 aliphatic rings. The van der Waals surface area contributed by atoms with Crippen molar-refractivity contribution in [1.29, 1.82) is 0 Å². The van der Waals surface area contributed by atoms with Crippen molar-refractivity contribution in [2.75, 3.05) is 36.4 Å². The summed E-state index contributed by atoms with van der Waals surface area (Å²) in [5.41, 5.74) is 7.54. The smallest absolute Gasteiger partial charge is 0.373 e. The van der Waals surface area contributed by atoms with Crippen LogP contribution in [-0.4, -0.2) is 89.5 Å². The lowest BCUT2D eigenvalue weighted by molar-refractivity contribution is -0.193. The fourth-order valence-electron chi connectivity index (χ4n) is 15.1. The fourth-order valence-corrected chi connectivity index (χ4v) is 15.5. The van der Waals surface area contributed by atoms with Crippen LogP contribution in [0.15, 0.2) is 140 Å². The Labute approximate surface area is 519 Å². The largest absolute Gasteiger partial charge is 0.393 e. The first-order chi connectivity index (χ1) is 40.0. The van der Waals surface area contributed by atoms with E-state index in [0.717, 1.165) is 87.8 Å². The number of ether oxygens (including phenoxy) is 1. The Morgan fingerprint density at radius 2 is 1.02 bits per heavy atom. The van der Waals surface area contributed by atoms with E-state index in [2.05, 4.69) is 153 Å². The molecule has 85 heavy (non-hydrogen) atoms. The highest BCUT2D eigenvalue weighted by molar-refractivity contribution is 9.08. The summed E-state index contributed by atoms with van der Waals surface area (Å²) < 4.78 is 6.53. The number of carbonyl (C=O) groups is 2. The van der Waals surface area contributed by atoms with Gasteiger partial charge in [-0.1, -0.05) is 221 Å². The molecule has 2 aliphatic carbocycles. The van der Waals surface area contributed by atoms with Crippen molar-refractivity contribution < 1.29 is 38.6 Å². The van der Waals surface area contributed by atoms with Crippen LogP contribution in [0, 0.1) is 35.5 Å². The number of anilines is 2. The zero-order valence-corrected chi connectivity index (χ0v) is 51.3. The van der Waals surface area contributed by atoms with Crippen LogP contribution in [0.4, 0.5) is 11.4 Å². The monoisotopic (exact) mass is 1230 g/mol. The minimum Gasteiger partial charge on any atom is -0.393 e. The van der Waals surface area contributed by atoms with Gasteiger partial charge in [-0.2, -0.15) is 19.2 Å². The van der Waals surface area contributed by atoms with E-state index in [1.165, 1.54) is 34.2 Å². The second-order valence-corrected chi connectivity index (χ2v) is 22.8. The van der Waals surface area contributed by atoms with Crippen LogP contribution >= 0.6 is 15.9 Å². The predicted octanol–water partition coefficient (Wildman–Crippen LogP) is 15.0. The Balaban J connectivity index is 0.000000345. The van der Waals surface area contributed by atoms with Crippen molar-refractivity contribution in [2.24, 2.45) is 35.5 Å². The van der Waals surface area contributed by atoms with Gasteiger partial charge in [0, 0.05) is 41.9 Å². The van der Waals surface area contributed by atoms with Crippen LogP contribution in [0.1, 0.15) is 157 Å². The summed E-state index contributed by atoms with van der Waals surface area (Å²) in [6.45, 7) is 22.2. The molecule has 12 nitrogen and oxygen atoms in total. The molecule has 5 aromatic rings. The predicted molar refractivity (Wildman–Crippen MR) is 347 cm³/mol. The molecule has 2 amide bonds. The third-order valence-electron chi connectivity index (χ3n) is 18.8. The van der Waals surface area contributed by atoms with Gasteiger partial charge in [0.05, 0.1) is 36.2 Å². The first kappa shape index (κ1) is 73.4. The number of piperidine rings is 2. The highest BCUT2D eigenvalue weighted by Crippen LogP contribution is 2.57. The number of carbonyl (C=O) groups excluding carboxylic acids is 6. The second kappa shape index (κ2) is 35.7. The molecule has 2 saturated carbocycles. The molecular weight excluding hydrogens is 1130 g/mol. The van der Waals surface area contributed by atoms with Gasteiger partial charge in [0.1, 0.15) is 0 Å². The van der Waals surface area contributed by atoms with Gasteiger partial charge < -0.3 is 20.1 Å². The fraction of sp³-hybridized carbons (Fsp3) is 0.528. The Morgan fingerprint density at radius 1 is 0.576 bits per heavy atom. The second-order valence-electron chi connectivity index (χ2n) is 22.2. The number of hydrogen-bond acceptors (Lipinski definition) is 10. The quantitative estimate of drug-likeness (QED) is 0.157. The molecule has 6 heterocycles. The maximum absolute atomic E-state index is 14.5. The summed E-state index contributed by atoms with van der Waals surface area (Å²) in [6, 6.07) is 48.7. The van der Waals surface area contributed by atoms with E-state index >= 15 is 0 Å². The van der Waals surface area contributed by atoms with Gasteiger partial charge in [-0.3, -0.25) is 19.4 Å². The SMILES string of the molecule is BrCc1ccccc1.C.C.C.CC.CC.CC.C[C@@H]1[C@H]2C[C@@H]3N(CC[C@@]34C(=O)N(Cc3ccccc3)c3ccccc34)C[C@@H]2CC[C@@H]1OCc1ccccc1.C[C@@H]1[C@H]2C[C@@H]3N(CC[C@@]34C(=O)Nc3ccccc34)C[C@@H]2CC[C@@H]1O.O=C=O.O=C=O. The summed E-state index contributed by atoms with van der Waals surface area (Å²) in [4.78, 5) is 67.4. The van der Waals surface area contributed by atoms with Gasteiger partial charge in [-0.05, 0) is 140 Å². The van der Waals surface area contributed by atoms with Gasteiger partial charge in [0.25, 0.3) is 0 Å². The summed E-state index contributed by atoms with van der Waals surface area (Å²) in [5.74, 6) is 3.91. The van der Waals surface area contributed by atoms with Gasteiger partial charge >= 0.3 is 12.3 Å². The number of benzene rings is 5. The van der Waals surface area contributed by atoms with Crippen LogP contribution in [0.3, 0.4) is 0 Å². The molecule has 2 N–H and O–H groups in total. The van der Waals surface area contributed by atoms with E-state index in [9.17, 15) is 14.7 Å².